The Morgan fingerprint density at radius 3 is 1.89 bits per heavy atom. The van der Waals surface area contributed by atoms with E-state index in [9.17, 15) is 0 Å². The van der Waals surface area contributed by atoms with Gasteiger partial charge in [0.1, 0.15) is 0 Å². The Balaban J connectivity index is 2.12. The summed E-state index contributed by atoms with van der Waals surface area (Å²) in [7, 11) is 0. The number of hydrogen-bond donors (Lipinski definition) is 2. The predicted molar refractivity (Wildman–Crippen MR) is 125 cm³/mol. The van der Waals surface area contributed by atoms with Gasteiger partial charge in [0.05, 0.1) is 0 Å². The summed E-state index contributed by atoms with van der Waals surface area (Å²) in [5, 5.41) is 7.59. The van der Waals surface area contributed by atoms with Crippen molar-refractivity contribution < 1.29 is 0 Å². The second-order valence-corrected chi connectivity index (χ2v) is 9.49. The number of anilines is 1. The van der Waals surface area contributed by atoms with Crippen LogP contribution >= 0.6 is 0 Å². The highest BCUT2D eigenvalue weighted by Crippen LogP contribution is 2.33. The summed E-state index contributed by atoms with van der Waals surface area (Å²) in [6.45, 7) is 20.3. The van der Waals surface area contributed by atoms with Crippen LogP contribution in [0, 0.1) is 17.8 Å². The minimum absolute atomic E-state index is 0.526. The first-order valence-corrected chi connectivity index (χ1v) is 11.2. The largest absolute Gasteiger partial charge is 0.386 e. The fourth-order valence-corrected chi connectivity index (χ4v) is 4.25. The van der Waals surface area contributed by atoms with Crippen LogP contribution in [0.25, 0.3) is 0 Å². The van der Waals surface area contributed by atoms with E-state index in [-0.39, 0.29) is 0 Å². The lowest BCUT2D eigenvalue weighted by atomic mass is 9.81. The summed E-state index contributed by atoms with van der Waals surface area (Å²) in [5.41, 5.74) is 7.14. The van der Waals surface area contributed by atoms with Crippen molar-refractivity contribution in [2.75, 3.05) is 18.4 Å². The molecule has 1 aliphatic carbocycles. The molecule has 2 rings (SSSR count). The maximum absolute atomic E-state index is 3.82. The molecule has 28 heavy (non-hydrogen) atoms. The van der Waals surface area contributed by atoms with Gasteiger partial charge in [-0.1, -0.05) is 85.7 Å². The Hall–Kier alpha value is -1.70. The summed E-state index contributed by atoms with van der Waals surface area (Å²) < 4.78 is 0. The molecule has 0 saturated heterocycles. The molecule has 1 unspecified atom stereocenters. The van der Waals surface area contributed by atoms with Crippen molar-refractivity contribution in [3.63, 3.8) is 0 Å². The molecule has 2 heteroatoms. The van der Waals surface area contributed by atoms with E-state index in [1.54, 1.807) is 0 Å². The molecule has 0 heterocycles. The quantitative estimate of drug-likeness (QED) is 0.446. The molecule has 0 fully saturated rings. The maximum Gasteiger partial charge on any atom is 0.0411 e. The van der Waals surface area contributed by atoms with Crippen LogP contribution < -0.4 is 10.6 Å². The van der Waals surface area contributed by atoms with E-state index in [4.69, 9.17) is 0 Å². The van der Waals surface area contributed by atoms with Crippen LogP contribution in [0.1, 0.15) is 84.8 Å². The Morgan fingerprint density at radius 2 is 1.39 bits per heavy atom. The summed E-state index contributed by atoms with van der Waals surface area (Å²) >= 11 is 0. The van der Waals surface area contributed by atoms with Gasteiger partial charge in [0, 0.05) is 30.4 Å². The van der Waals surface area contributed by atoms with Gasteiger partial charge in [0.15, 0.2) is 0 Å². The molecule has 0 aliphatic heterocycles. The molecule has 0 radical (unpaired) electrons. The Labute approximate surface area is 173 Å². The van der Waals surface area contributed by atoms with Crippen molar-refractivity contribution in [1.82, 2.24) is 5.32 Å². The first-order valence-electron chi connectivity index (χ1n) is 11.2. The molecule has 2 N–H and O–H groups in total. The second kappa shape index (κ2) is 10.2. The van der Waals surface area contributed by atoms with Crippen LogP contribution in [0.2, 0.25) is 0 Å². The summed E-state index contributed by atoms with van der Waals surface area (Å²) in [4.78, 5) is 0. The standard InChI is InChI=1S/C26H42N2/c1-17(2)21-11-9-12-22(18(3)4)25(21)27-15-16-28-26-23(19(5)6)13-10-14-24(26)20(7)8/h9-13,17-20,24,27-28H,14-16H2,1-8H3. The number of rotatable bonds is 9. The van der Waals surface area contributed by atoms with E-state index in [0.29, 0.717) is 29.6 Å². The van der Waals surface area contributed by atoms with E-state index in [0.717, 1.165) is 19.5 Å². The van der Waals surface area contributed by atoms with Gasteiger partial charge in [0.25, 0.3) is 0 Å². The first kappa shape index (κ1) is 22.6. The van der Waals surface area contributed by atoms with Crippen molar-refractivity contribution >= 4 is 5.69 Å². The average molecular weight is 383 g/mol. The van der Waals surface area contributed by atoms with E-state index < -0.39 is 0 Å². The smallest absolute Gasteiger partial charge is 0.0411 e. The summed E-state index contributed by atoms with van der Waals surface area (Å²) in [5.74, 6) is 2.87. The fraction of sp³-hybridized carbons (Fsp3) is 0.615. The van der Waals surface area contributed by atoms with Crippen LogP contribution in [-0.4, -0.2) is 13.1 Å². The highest BCUT2D eigenvalue weighted by molar-refractivity contribution is 5.60. The lowest BCUT2D eigenvalue weighted by molar-refractivity contribution is 0.411. The van der Waals surface area contributed by atoms with Gasteiger partial charge in [-0.15, -0.1) is 0 Å². The van der Waals surface area contributed by atoms with Gasteiger partial charge in [-0.3, -0.25) is 0 Å². The summed E-state index contributed by atoms with van der Waals surface area (Å²) in [6, 6.07) is 6.74. The minimum Gasteiger partial charge on any atom is -0.386 e. The summed E-state index contributed by atoms with van der Waals surface area (Å²) in [6.07, 6.45) is 5.85. The van der Waals surface area contributed by atoms with E-state index in [1.807, 2.05) is 0 Å². The van der Waals surface area contributed by atoms with Gasteiger partial charge < -0.3 is 10.6 Å². The number of hydrogen-bond acceptors (Lipinski definition) is 2. The first-order chi connectivity index (χ1) is 13.2. The number of allylic oxidation sites excluding steroid dienone is 4. The SMILES string of the molecule is CC(C)C1=C(NCCNc2c(C(C)C)cccc2C(C)C)C(C(C)C)CC=C1. The number of para-hydroxylation sites is 1. The van der Waals surface area contributed by atoms with Gasteiger partial charge in [-0.05, 0) is 46.8 Å². The van der Waals surface area contributed by atoms with E-state index in [2.05, 4.69) is 96.4 Å². The lowest BCUT2D eigenvalue weighted by Gasteiger charge is -2.31. The van der Waals surface area contributed by atoms with Crippen molar-refractivity contribution in [3.8, 4) is 0 Å². The Morgan fingerprint density at radius 1 is 0.821 bits per heavy atom. The van der Waals surface area contributed by atoms with Crippen LogP contribution in [-0.2, 0) is 0 Å². The normalized spacial score (nSPS) is 17.4. The molecule has 2 nitrogen and oxygen atoms in total. The van der Waals surface area contributed by atoms with Gasteiger partial charge in [0.2, 0.25) is 0 Å². The number of benzene rings is 1. The Kier molecular flexibility index (Phi) is 8.22. The number of nitrogens with one attached hydrogen (secondary N) is 2. The van der Waals surface area contributed by atoms with E-state index in [1.165, 1.54) is 28.1 Å². The molecule has 1 aromatic rings. The molecule has 0 aromatic heterocycles. The minimum atomic E-state index is 0.526. The van der Waals surface area contributed by atoms with Crippen molar-refractivity contribution in [1.29, 1.82) is 0 Å². The third kappa shape index (κ3) is 5.43. The third-order valence-corrected chi connectivity index (χ3v) is 5.91. The topological polar surface area (TPSA) is 24.1 Å². The van der Waals surface area contributed by atoms with Crippen molar-refractivity contribution in [3.05, 3.63) is 52.7 Å². The molecule has 1 aromatic carbocycles. The van der Waals surface area contributed by atoms with Crippen LogP contribution in [0.3, 0.4) is 0 Å². The van der Waals surface area contributed by atoms with Crippen LogP contribution in [0.5, 0.6) is 0 Å². The van der Waals surface area contributed by atoms with Crippen molar-refractivity contribution in [2.24, 2.45) is 17.8 Å². The lowest BCUT2D eigenvalue weighted by Crippen LogP contribution is -2.31. The molecule has 1 atom stereocenters. The third-order valence-electron chi connectivity index (χ3n) is 5.91. The molecular weight excluding hydrogens is 340 g/mol. The highest BCUT2D eigenvalue weighted by Gasteiger charge is 2.24. The molecule has 0 spiro atoms. The van der Waals surface area contributed by atoms with Gasteiger partial charge >= 0.3 is 0 Å². The van der Waals surface area contributed by atoms with Gasteiger partial charge in [-0.25, -0.2) is 0 Å². The predicted octanol–water partition coefficient (Wildman–Crippen LogP) is 7.08. The highest BCUT2D eigenvalue weighted by atomic mass is 15.0. The molecule has 0 amide bonds. The Bertz CT molecular complexity index is 666. The molecule has 156 valence electrons. The zero-order chi connectivity index (χ0) is 20.8. The molecule has 1 aliphatic rings. The molecular formula is C26H42N2. The average Bonchev–Trinajstić information content (AvgIpc) is 2.64. The van der Waals surface area contributed by atoms with Crippen LogP contribution in [0.4, 0.5) is 5.69 Å². The zero-order valence-corrected chi connectivity index (χ0v) is 19.4. The zero-order valence-electron chi connectivity index (χ0n) is 19.4. The monoisotopic (exact) mass is 382 g/mol. The van der Waals surface area contributed by atoms with Crippen LogP contribution in [0.15, 0.2) is 41.6 Å². The maximum atomic E-state index is 3.82. The van der Waals surface area contributed by atoms with Crippen molar-refractivity contribution in [2.45, 2.75) is 73.6 Å². The second-order valence-electron chi connectivity index (χ2n) is 9.49. The fourth-order valence-electron chi connectivity index (χ4n) is 4.25. The molecule has 0 bridgehead atoms. The van der Waals surface area contributed by atoms with Gasteiger partial charge in [-0.2, -0.15) is 0 Å². The van der Waals surface area contributed by atoms with E-state index >= 15 is 0 Å². The molecule has 0 saturated carbocycles.